The first-order valence-corrected chi connectivity index (χ1v) is 5.99. The molecule has 1 aromatic rings. The summed E-state index contributed by atoms with van der Waals surface area (Å²) in [5.74, 6) is -0.438. The van der Waals surface area contributed by atoms with Crippen molar-refractivity contribution in [3.05, 3.63) is 21.1 Å². The average Bonchev–Trinajstić information content (AvgIpc) is 2.07. The number of halogens is 5. The lowest BCUT2D eigenvalue weighted by Gasteiger charge is -2.15. The summed E-state index contributed by atoms with van der Waals surface area (Å²) in [7, 11) is 0. The second kappa shape index (κ2) is 5.40. The van der Waals surface area contributed by atoms with Crippen molar-refractivity contribution in [2.24, 2.45) is 5.73 Å². The molecule has 0 aromatic heterocycles. The zero-order valence-corrected chi connectivity index (χ0v) is 11.9. The number of nitrogens with two attached hydrogens (primary N) is 1. The summed E-state index contributed by atoms with van der Waals surface area (Å²) in [6.45, 7) is 0. The number of ether oxygens (including phenoxy) is 1. The topological polar surface area (TPSA) is 47.3 Å². The molecule has 9 heteroatoms. The minimum absolute atomic E-state index is 0.0121. The molecule has 1 aromatic carbocycles. The van der Waals surface area contributed by atoms with Gasteiger partial charge in [-0.2, -0.15) is 0 Å². The summed E-state index contributed by atoms with van der Waals surface area (Å²) in [6.07, 6.45) is -4.80. The van der Waals surface area contributed by atoms with E-state index in [2.05, 4.69) is 54.1 Å². The van der Waals surface area contributed by atoms with Crippen LogP contribution in [0.5, 0.6) is 5.75 Å². The van der Waals surface area contributed by atoms with Gasteiger partial charge in [0.2, 0.25) is 0 Å². The first kappa shape index (κ1) is 14.5. The normalized spacial score (nSPS) is 11.1. The summed E-state index contributed by atoms with van der Waals surface area (Å²) >= 11 is 10.7. The molecule has 0 saturated heterocycles. The fourth-order valence-corrected chi connectivity index (χ4v) is 2.39. The van der Waals surface area contributed by atoms with E-state index in [9.17, 15) is 13.2 Å². The highest BCUT2D eigenvalue weighted by molar-refractivity contribution is 9.11. The molecule has 0 radical (unpaired) electrons. The molecule has 1 rings (SSSR count). The summed E-state index contributed by atoms with van der Waals surface area (Å²) in [4.78, 5) is 0. The summed E-state index contributed by atoms with van der Waals surface area (Å²) in [5.41, 5.74) is 5.23. The zero-order valence-electron chi connectivity index (χ0n) is 7.94. The molecule has 17 heavy (non-hydrogen) atoms. The highest BCUT2D eigenvalue weighted by Gasteiger charge is 2.32. The number of nitrogens with one attached hydrogen (secondary N) is 1. The molecular formula is C8H5Br2F3N2OS. The Bertz CT molecular complexity index is 453. The molecule has 0 atom stereocenters. The fourth-order valence-electron chi connectivity index (χ4n) is 1.000. The Morgan fingerprint density at radius 3 is 2.41 bits per heavy atom. The van der Waals surface area contributed by atoms with Gasteiger partial charge in [0.15, 0.2) is 10.9 Å². The highest BCUT2D eigenvalue weighted by atomic mass is 79.9. The van der Waals surface area contributed by atoms with E-state index >= 15 is 0 Å². The van der Waals surface area contributed by atoms with Crippen molar-refractivity contribution in [3.63, 3.8) is 0 Å². The standard InChI is InChI=1S/C8H5Br2F3N2OS/c9-3-1-4(10)6(15-7(14)17)5(2-3)16-8(11,12)13/h1-2H,(H3,14,15,17). The third-order valence-corrected chi connectivity index (χ3v) is 2.68. The quantitative estimate of drug-likeness (QED) is 0.751. The van der Waals surface area contributed by atoms with Crippen LogP contribution >= 0.6 is 44.1 Å². The maximum Gasteiger partial charge on any atom is 0.573 e. The lowest BCUT2D eigenvalue weighted by atomic mass is 10.3. The molecular weight excluding hydrogens is 389 g/mol. The van der Waals surface area contributed by atoms with Gasteiger partial charge in [0.05, 0.1) is 5.69 Å². The van der Waals surface area contributed by atoms with Crippen LogP contribution in [-0.2, 0) is 0 Å². The van der Waals surface area contributed by atoms with Gasteiger partial charge >= 0.3 is 6.36 Å². The fraction of sp³-hybridized carbons (Fsp3) is 0.125. The second-order valence-corrected chi connectivity index (χ2v) is 5.01. The van der Waals surface area contributed by atoms with Gasteiger partial charge in [0.25, 0.3) is 0 Å². The van der Waals surface area contributed by atoms with Crippen LogP contribution in [-0.4, -0.2) is 11.5 Å². The van der Waals surface area contributed by atoms with E-state index in [1.54, 1.807) is 0 Å². The summed E-state index contributed by atoms with van der Waals surface area (Å²) in [6, 6.07) is 2.68. The molecule has 0 aliphatic heterocycles. The zero-order chi connectivity index (χ0) is 13.2. The van der Waals surface area contributed by atoms with Crippen molar-refractivity contribution in [2.75, 3.05) is 5.32 Å². The SMILES string of the molecule is NC(=S)Nc1c(Br)cc(Br)cc1OC(F)(F)F. The van der Waals surface area contributed by atoms with Gasteiger partial charge in [0, 0.05) is 8.95 Å². The molecule has 0 unspecified atom stereocenters. The van der Waals surface area contributed by atoms with E-state index in [1.807, 2.05) is 0 Å². The minimum Gasteiger partial charge on any atom is -0.403 e. The number of thiocarbonyl (C=S) groups is 1. The van der Waals surface area contributed by atoms with Crippen LogP contribution in [0.15, 0.2) is 21.1 Å². The first-order valence-electron chi connectivity index (χ1n) is 4.00. The Balaban J connectivity index is 3.20. The Morgan fingerprint density at radius 1 is 1.35 bits per heavy atom. The van der Waals surface area contributed by atoms with Crippen molar-refractivity contribution in [3.8, 4) is 5.75 Å². The van der Waals surface area contributed by atoms with Crippen LogP contribution in [0.4, 0.5) is 18.9 Å². The number of hydrogen-bond donors (Lipinski definition) is 2. The highest BCUT2D eigenvalue weighted by Crippen LogP contribution is 2.38. The number of rotatable bonds is 2. The maximum atomic E-state index is 12.2. The second-order valence-electron chi connectivity index (χ2n) is 2.80. The van der Waals surface area contributed by atoms with Crippen LogP contribution in [0.1, 0.15) is 0 Å². The maximum absolute atomic E-state index is 12.2. The first-order chi connectivity index (χ1) is 7.69. The minimum atomic E-state index is -4.80. The Labute approximate surface area is 117 Å². The van der Waals surface area contributed by atoms with Gasteiger partial charge in [-0.1, -0.05) is 15.9 Å². The van der Waals surface area contributed by atoms with Gasteiger partial charge < -0.3 is 15.8 Å². The van der Waals surface area contributed by atoms with E-state index < -0.39 is 12.1 Å². The average molecular weight is 394 g/mol. The Hall–Kier alpha value is -0.540. The van der Waals surface area contributed by atoms with Crippen LogP contribution in [0.3, 0.4) is 0 Å². The molecule has 0 saturated carbocycles. The van der Waals surface area contributed by atoms with Crippen LogP contribution in [0, 0.1) is 0 Å². The van der Waals surface area contributed by atoms with E-state index in [0.29, 0.717) is 8.95 Å². The van der Waals surface area contributed by atoms with E-state index in [4.69, 9.17) is 5.73 Å². The third-order valence-electron chi connectivity index (χ3n) is 1.49. The van der Waals surface area contributed by atoms with Crippen molar-refractivity contribution < 1.29 is 17.9 Å². The van der Waals surface area contributed by atoms with E-state index in [1.165, 1.54) is 6.07 Å². The molecule has 0 spiro atoms. The molecule has 0 aliphatic rings. The number of benzene rings is 1. The smallest absolute Gasteiger partial charge is 0.403 e. The molecule has 3 N–H and O–H groups in total. The monoisotopic (exact) mass is 392 g/mol. The molecule has 94 valence electrons. The lowest BCUT2D eigenvalue weighted by molar-refractivity contribution is -0.274. The molecule has 0 bridgehead atoms. The van der Waals surface area contributed by atoms with Crippen LogP contribution < -0.4 is 15.8 Å². The molecule has 0 aliphatic carbocycles. The third kappa shape index (κ3) is 4.68. The van der Waals surface area contributed by atoms with E-state index in [-0.39, 0.29) is 10.8 Å². The molecule has 0 fully saturated rings. The van der Waals surface area contributed by atoms with E-state index in [0.717, 1.165) is 6.07 Å². The predicted molar refractivity (Wildman–Crippen MR) is 68.9 cm³/mol. The largest absolute Gasteiger partial charge is 0.573 e. The van der Waals surface area contributed by atoms with Crippen molar-refractivity contribution in [2.45, 2.75) is 6.36 Å². The number of anilines is 1. The molecule has 3 nitrogen and oxygen atoms in total. The predicted octanol–water partition coefficient (Wildman–Crippen LogP) is 3.77. The molecule has 0 amide bonds. The number of hydrogen-bond acceptors (Lipinski definition) is 2. The van der Waals surface area contributed by atoms with Crippen molar-refractivity contribution in [1.29, 1.82) is 0 Å². The van der Waals surface area contributed by atoms with Gasteiger partial charge in [-0.25, -0.2) is 0 Å². The molecule has 0 heterocycles. The van der Waals surface area contributed by atoms with Gasteiger partial charge in [-0.05, 0) is 40.3 Å². The van der Waals surface area contributed by atoms with Crippen molar-refractivity contribution in [1.82, 2.24) is 0 Å². The van der Waals surface area contributed by atoms with Gasteiger partial charge in [0.1, 0.15) is 0 Å². The summed E-state index contributed by atoms with van der Waals surface area (Å²) in [5, 5.41) is 2.24. The number of alkyl halides is 3. The van der Waals surface area contributed by atoms with Crippen molar-refractivity contribution >= 4 is 54.9 Å². The van der Waals surface area contributed by atoms with Gasteiger partial charge in [-0.15, -0.1) is 13.2 Å². The Morgan fingerprint density at radius 2 is 1.94 bits per heavy atom. The lowest BCUT2D eigenvalue weighted by Crippen LogP contribution is -2.22. The Kier molecular flexibility index (Phi) is 4.62. The van der Waals surface area contributed by atoms with Crippen LogP contribution in [0.25, 0.3) is 0 Å². The van der Waals surface area contributed by atoms with Crippen LogP contribution in [0.2, 0.25) is 0 Å². The van der Waals surface area contributed by atoms with Gasteiger partial charge in [-0.3, -0.25) is 0 Å². The summed E-state index contributed by atoms with van der Waals surface area (Å²) < 4.78 is 41.1.